The summed E-state index contributed by atoms with van der Waals surface area (Å²) in [5.74, 6) is 0. The Morgan fingerprint density at radius 1 is 0.900 bits per heavy atom. The van der Waals surface area contributed by atoms with Gasteiger partial charge >= 0.3 is 0 Å². The average Bonchev–Trinajstić information content (AvgIpc) is 1.93. The van der Waals surface area contributed by atoms with Crippen LogP contribution in [-0.2, 0) is 0 Å². The first-order valence-electron chi connectivity index (χ1n) is 3.37. The summed E-state index contributed by atoms with van der Waals surface area (Å²) < 4.78 is 0. The molecule has 1 rings (SSSR count). The second kappa shape index (κ2) is 2.30. The van der Waals surface area contributed by atoms with Crippen LogP contribution < -0.4 is 10.4 Å². The van der Waals surface area contributed by atoms with Crippen LogP contribution in [-0.4, -0.2) is 0 Å². The van der Waals surface area contributed by atoms with E-state index in [0.717, 1.165) is 10.4 Å². The Labute approximate surface area is 61.5 Å². The molecular formula is C10H12. The highest BCUT2D eigenvalue weighted by atomic mass is 14.0. The van der Waals surface area contributed by atoms with Crippen molar-refractivity contribution in [1.29, 1.82) is 0 Å². The Balaban J connectivity index is 3.65. The van der Waals surface area contributed by atoms with Crippen LogP contribution >= 0.6 is 0 Å². The van der Waals surface area contributed by atoms with E-state index in [2.05, 4.69) is 27.0 Å². The fraction of sp³-hybridized carbons (Fsp3) is 0.200. The molecule has 0 spiro atoms. The highest BCUT2D eigenvalue weighted by molar-refractivity contribution is 5.31. The summed E-state index contributed by atoms with van der Waals surface area (Å²) in [5, 5.41) is 2.20. The molecule has 0 aromatic heterocycles. The van der Waals surface area contributed by atoms with E-state index >= 15 is 0 Å². The van der Waals surface area contributed by atoms with Gasteiger partial charge in [0.1, 0.15) is 0 Å². The van der Waals surface area contributed by atoms with Crippen LogP contribution in [0.15, 0.2) is 12.1 Å². The third-order valence-electron chi connectivity index (χ3n) is 2.01. The first-order valence-corrected chi connectivity index (χ1v) is 3.37. The molecule has 0 bridgehead atoms. The fourth-order valence-electron chi connectivity index (χ4n) is 0.933. The van der Waals surface area contributed by atoms with E-state index in [1.54, 1.807) is 0 Å². The third kappa shape index (κ3) is 0.971. The highest BCUT2D eigenvalue weighted by Crippen LogP contribution is 1.90. The normalized spacial score (nSPS) is 9.80. The van der Waals surface area contributed by atoms with Gasteiger partial charge in [-0.2, -0.15) is 0 Å². The van der Waals surface area contributed by atoms with Gasteiger partial charge in [-0.3, -0.25) is 0 Å². The largest absolute Gasteiger partial charge is 0.0915 e. The minimum atomic E-state index is 1.10. The summed E-state index contributed by atoms with van der Waals surface area (Å²) in [6.07, 6.45) is 0. The molecule has 0 saturated heterocycles. The lowest BCUT2D eigenvalue weighted by Crippen LogP contribution is -2.14. The lowest BCUT2D eigenvalue weighted by Gasteiger charge is -1.98. The maximum Gasteiger partial charge on any atom is -0.0296 e. The predicted molar refractivity (Wildman–Crippen MR) is 46.2 cm³/mol. The monoisotopic (exact) mass is 132 g/mol. The van der Waals surface area contributed by atoms with Crippen molar-refractivity contribution in [3.63, 3.8) is 0 Å². The predicted octanol–water partition coefficient (Wildman–Crippen LogP) is 1.12. The Bertz CT molecular complexity index is 299. The fourth-order valence-corrected chi connectivity index (χ4v) is 0.933. The van der Waals surface area contributed by atoms with Crippen molar-refractivity contribution in [3.8, 4) is 0 Å². The van der Waals surface area contributed by atoms with Crippen molar-refractivity contribution in [2.24, 2.45) is 0 Å². The maximum absolute atomic E-state index is 3.89. The molecule has 0 aliphatic heterocycles. The molecule has 1 aromatic rings. The molecule has 0 heterocycles. The van der Waals surface area contributed by atoms with Crippen molar-refractivity contribution in [2.75, 3.05) is 0 Å². The van der Waals surface area contributed by atoms with Crippen molar-refractivity contribution < 1.29 is 0 Å². The molecule has 0 nitrogen and oxygen atoms in total. The Kier molecular flexibility index (Phi) is 1.62. The second-order valence-corrected chi connectivity index (χ2v) is 2.63. The van der Waals surface area contributed by atoms with E-state index in [1.165, 1.54) is 11.1 Å². The zero-order valence-corrected chi connectivity index (χ0v) is 6.57. The molecular weight excluding hydrogens is 120 g/mol. The summed E-state index contributed by atoms with van der Waals surface area (Å²) in [6.45, 7) is 11.9. The Morgan fingerprint density at radius 2 is 1.20 bits per heavy atom. The number of rotatable bonds is 0. The summed E-state index contributed by atoms with van der Waals surface area (Å²) in [7, 11) is 0. The molecule has 0 radical (unpaired) electrons. The van der Waals surface area contributed by atoms with Crippen LogP contribution in [0.4, 0.5) is 0 Å². The van der Waals surface area contributed by atoms with E-state index in [1.807, 2.05) is 12.1 Å². The summed E-state index contributed by atoms with van der Waals surface area (Å²) in [5.41, 5.74) is 2.51. The average molecular weight is 132 g/mol. The van der Waals surface area contributed by atoms with E-state index in [0.29, 0.717) is 0 Å². The molecule has 0 saturated carbocycles. The minimum absolute atomic E-state index is 1.10. The zero-order chi connectivity index (χ0) is 7.72. The van der Waals surface area contributed by atoms with Gasteiger partial charge in [-0.1, -0.05) is 25.3 Å². The van der Waals surface area contributed by atoms with Crippen molar-refractivity contribution in [3.05, 3.63) is 33.7 Å². The smallest absolute Gasteiger partial charge is 0.0296 e. The molecule has 0 amide bonds. The molecule has 0 fully saturated rings. The number of benzene rings is 1. The summed E-state index contributed by atoms with van der Waals surface area (Å²) in [6, 6.07) is 4.01. The standard InChI is InChI=1S/C10H12/c1-7-5-6-8(2)10(4)9(7)3/h5-6H,1-2H2,3-4H3. The third-order valence-corrected chi connectivity index (χ3v) is 2.01. The van der Waals surface area contributed by atoms with Gasteiger partial charge in [0.25, 0.3) is 0 Å². The maximum atomic E-state index is 3.89. The van der Waals surface area contributed by atoms with Gasteiger partial charge in [-0.25, -0.2) is 0 Å². The highest BCUT2D eigenvalue weighted by Gasteiger charge is 1.91. The van der Waals surface area contributed by atoms with Crippen LogP contribution in [0.1, 0.15) is 11.1 Å². The topological polar surface area (TPSA) is 0 Å². The van der Waals surface area contributed by atoms with Gasteiger partial charge in [0, 0.05) is 0 Å². The SMILES string of the molecule is C=c1ccc(=C)c(C)c1C. The number of hydrogen-bond donors (Lipinski definition) is 0. The van der Waals surface area contributed by atoms with Gasteiger partial charge < -0.3 is 0 Å². The minimum Gasteiger partial charge on any atom is -0.0915 e. The molecule has 0 heteroatoms. The molecule has 0 unspecified atom stereocenters. The van der Waals surface area contributed by atoms with E-state index in [9.17, 15) is 0 Å². The molecule has 0 aliphatic rings. The first kappa shape index (κ1) is 7.07. The van der Waals surface area contributed by atoms with Crippen LogP contribution in [0, 0.1) is 13.8 Å². The van der Waals surface area contributed by atoms with E-state index < -0.39 is 0 Å². The van der Waals surface area contributed by atoms with E-state index in [4.69, 9.17) is 0 Å². The van der Waals surface area contributed by atoms with E-state index in [-0.39, 0.29) is 0 Å². The lowest BCUT2D eigenvalue weighted by molar-refractivity contribution is 1.28. The van der Waals surface area contributed by atoms with Gasteiger partial charge in [-0.15, -0.1) is 0 Å². The molecule has 10 heavy (non-hydrogen) atoms. The van der Waals surface area contributed by atoms with Crippen molar-refractivity contribution in [1.82, 2.24) is 0 Å². The van der Waals surface area contributed by atoms with Crippen molar-refractivity contribution in [2.45, 2.75) is 13.8 Å². The van der Waals surface area contributed by atoms with Gasteiger partial charge in [0.05, 0.1) is 0 Å². The van der Waals surface area contributed by atoms with Crippen LogP contribution in [0.25, 0.3) is 13.2 Å². The second-order valence-electron chi connectivity index (χ2n) is 2.63. The van der Waals surface area contributed by atoms with Crippen LogP contribution in [0.5, 0.6) is 0 Å². The Hall–Kier alpha value is -1.04. The zero-order valence-electron chi connectivity index (χ0n) is 6.57. The molecule has 52 valence electrons. The first-order chi connectivity index (χ1) is 4.63. The van der Waals surface area contributed by atoms with Crippen LogP contribution in [0.2, 0.25) is 0 Å². The molecule has 0 atom stereocenters. The van der Waals surface area contributed by atoms with Gasteiger partial charge in [0.2, 0.25) is 0 Å². The molecule has 1 aromatic carbocycles. The lowest BCUT2D eigenvalue weighted by atomic mass is 10.1. The quantitative estimate of drug-likeness (QED) is 0.496. The number of hydrogen-bond acceptors (Lipinski definition) is 0. The molecule has 0 aliphatic carbocycles. The summed E-state index contributed by atoms with van der Waals surface area (Å²) >= 11 is 0. The Morgan fingerprint density at radius 3 is 1.50 bits per heavy atom. The van der Waals surface area contributed by atoms with Gasteiger partial charge in [-0.05, 0) is 35.4 Å². The van der Waals surface area contributed by atoms with Crippen molar-refractivity contribution >= 4 is 13.2 Å². The van der Waals surface area contributed by atoms with Gasteiger partial charge in [0.15, 0.2) is 0 Å². The molecule has 0 N–H and O–H groups in total. The van der Waals surface area contributed by atoms with Crippen LogP contribution in [0.3, 0.4) is 0 Å². The summed E-state index contributed by atoms with van der Waals surface area (Å²) in [4.78, 5) is 0.